The molecule has 1 atom stereocenters. The molecule has 1 aliphatic heterocycles. The molecular formula is C26H32N2O5. The molecule has 1 aliphatic carbocycles. The number of hydrogen-bond acceptors (Lipinski definition) is 5. The van der Waals surface area contributed by atoms with E-state index in [1.165, 1.54) is 44.5 Å². The van der Waals surface area contributed by atoms with Crippen LogP contribution in [-0.2, 0) is 16.1 Å². The fourth-order valence-corrected chi connectivity index (χ4v) is 4.11. The maximum Gasteiger partial charge on any atom is 0.414 e. The first-order chi connectivity index (χ1) is 16.0. The summed E-state index contributed by atoms with van der Waals surface area (Å²) in [6.07, 6.45) is 8.62. The minimum Gasteiger partial charge on any atom is -0.473 e. The lowest BCUT2D eigenvalue weighted by molar-refractivity contribution is -0.159. The van der Waals surface area contributed by atoms with E-state index in [0.717, 1.165) is 37.1 Å². The number of nitrogens with zero attached hydrogens (tertiary/aromatic N) is 2. The Balaban J connectivity index is 0.000000454. The summed E-state index contributed by atoms with van der Waals surface area (Å²) in [6.45, 7) is 6.99. The topological polar surface area (TPSA) is 90.3 Å². The zero-order valence-electron chi connectivity index (χ0n) is 18.8. The van der Waals surface area contributed by atoms with E-state index < -0.39 is 11.9 Å². The van der Waals surface area contributed by atoms with Crippen LogP contribution in [0.3, 0.4) is 0 Å². The lowest BCUT2D eigenvalue weighted by Crippen LogP contribution is -2.47. The van der Waals surface area contributed by atoms with Crippen molar-refractivity contribution >= 4 is 11.9 Å². The zero-order valence-corrected chi connectivity index (χ0v) is 18.8. The Kier molecular flexibility index (Phi) is 9.47. The van der Waals surface area contributed by atoms with E-state index in [0.29, 0.717) is 0 Å². The molecule has 4 rings (SSSR count). The third kappa shape index (κ3) is 8.71. The average Bonchev–Trinajstić information content (AvgIpc) is 2.82. The molecule has 1 heterocycles. The molecule has 176 valence electrons. The number of carboxylic acid groups (broad SMARTS) is 2. The van der Waals surface area contributed by atoms with Crippen molar-refractivity contribution in [2.75, 3.05) is 32.7 Å². The van der Waals surface area contributed by atoms with Gasteiger partial charge in [0.15, 0.2) is 0 Å². The summed E-state index contributed by atoms with van der Waals surface area (Å²) in [5.41, 5.74) is 1.33. The number of aliphatic carboxylic acids is 2. The van der Waals surface area contributed by atoms with Crippen molar-refractivity contribution < 1.29 is 24.5 Å². The summed E-state index contributed by atoms with van der Waals surface area (Å²) in [5.74, 6) is -0.970. The minimum absolute atomic E-state index is 0.869. The standard InChI is InChI=1S/C24H30N2O.C2H2O4/c1-3-8-21(9-4-1)19-25-14-16-26(17-15-25)20-22-10-7-13-24(18-22)27-23-11-5-2-6-12-23;3-1(4)2(5)6/h1-3,5-7,10-13,18,21H,4,8-9,14-17,19-20H2;(H,3,4)(H,5,6). The van der Waals surface area contributed by atoms with Crippen LogP contribution in [0.25, 0.3) is 0 Å². The summed E-state index contributed by atoms with van der Waals surface area (Å²) in [7, 11) is 0. The highest BCUT2D eigenvalue weighted by Gasteiger charge is 2.20. The fourth-order valence-electron chi connectivity index (χ4n) is 4.11. The molecule has 0 radical (unpaired) electrons. The van der Waals surface area contributed by atoms with Gasteiger partial charge in [-0.25, -0.2) is 9.59 Å². The molecule has 2 aromatic carbocycles. The van der Waals surface area contributed by atoms with Crippen LogP contribution >= 0.6 is 0 Å². The van der Waals surface area contributed by atoms with Crippen molar-refractivity contribution in [2.45, 2.75) is 25.8 Å². The van der Waals surface area contributed by atoms with Crippen molar-refractivity contribution in [3.63, 3.8) is 0 Å². The Bertz CT molecular complexity index is 911. The third-order valence-corrected chi connectivity index (χ3v) is 5.83. The van der Waals surface area contributed by atoms with Crippen molar-refractivity contribution in [3.05, 3.63) is 72.3 Å². The molecule has 1 saturated heterocycles. The van der Waals surface area contributed by atoms with Crippen LogP contribution in [0.5, 0.6) is 11.5 Å². The molecule has 33 heavy (non-hydrogen) atoms. The van der Waals surface area contributed by atoms with Crippen LogP contribution in [0.4, 0.5) is 0 Å². The molecule has 1 fully saturated rings. The normalized spacial score (nSPS) is 18.7. The molecule has 2 N–H and O–H groups in total. The second-order valence-corrected chi connectivity index (χ2v) is 8.40. The molecule has 0 spiro atoms. The van der Waals surface area contributed by atoms with Crippen LogP contribution in [0, 0.1) is 5.92 Å². The second-order valence-electron chi connectivity index (χ2n) is 8.40. The number of rotatable bonds is 6. The summed E-state index contributed by atoms with van der Waals surface area (Å²) in [6, 6.07) is 18.5. The first-order valence-electron chi connectivity index (χ1n) is 11.4. The number of para-hydroxylation sites is 1. The van der Waals surface area contributed by atoms with Gasteiger partial charge in [0.25, 0.3) is 0 Å². The van der Waals surface area contributed by atoms with Crippen LogP contribution in [0.1, 0.15) is 24.8 Å². The lowest BCUT2D eigenvalue weighted by Gasteiger charge is -2.36. The predicted octanol–water partition coefficient (Wildman–Crippen LogP) is 4.11. The number of benzene rings is 2. The van der Waals surface area contributed by atoms with Gasteiger partial charge in [0, 0.05) is 39.3 Å². The molecule has 0 bridgehead atoms. The van der Waals surface area contributed by atoms with Crippen LogP contribution in [0.15, 0.2) is 66.7 Å². The number of piperazine rings is 1. The Morgan fingerprint density at radius 2 is 1.52 bits per heavy atom. The fraction of sp³-hybridized carbons (Fsp3) is 0.385. The number of allylic oxidation sites excluding steroid dienone is 2. The van der Waals surface area contributed by atoms with E-state index in [2.05, 4.69) is 40.2 Å². The van der Waals surface area contributed by atoms with E-state index in [1.807, 2.05) is 36.4 Å². The van der Waals surface area contributed by atoms with E-state index in [1.54, 1.807) is 0 Å². The Labute approximate surface area is 194 Å². The highest BCUT2D eigenvalue weighted by molar-refractivity contribution is 6.27. The van der Waals surface area contributed by atoms with Gasteiger partial charge in [-0.2, -0.15) is 0 Å². The first-order valence-corrected chi connectivity index (χ1v) is 11.4. The number of ether oxygens (including phenoxy) is 1. The predicted molar refractivity (Wildman–Crippen MR) is 126 cm³/mol. The lowest BCUT2D eigenvalue weighted by atomic mass is 9.94. The van der Waals surface area contributed by atoms with E-state index >= 15 is 0 Å². The summed E-state index contributed by atoms with van der Waals surface area (Å²) in [5, 5.41) is 14.8. The number of carboxylic acids is 2. The monoisotopic (exact) mass is 452 g/mol. The summed E-state index contributed by atoms with van der Waals surface area (Å²) < 4.78 is 5.98. The summed E-state index contributed by atoms with van der Waals surface area (Å²) >= 11 is 0. The third-order valence-electron chi connectivity index (χ3n) is 5.83. The first kappa shape index (κ1) is 24.5. The molecule has 7 heteroatoms. The van der Waals surface area contributed by atoms with Gasteiger partial charge in [-0.05, 0) is 55.0 Å². The highest BCUT2D eigenvalue weighted by Crippen LogP contribution is 2.23. The molecule has 0 aromatic heterocycles. The Morgan fingerprint density at radius 3 is 2.15 bits per heavy atom. The highest BCUT2D eigenvalue weighted by atomic mass is 16.5. The second kappa shape index (κ2) is 12.8. The van der Waals surface area contributed by atoms with Gasteiger partial charge in [-0.1, -0.05) is 42.5 Å². The smallest absolute Gasteiger partial charge is 0.414 e. The van der Waals surface area contributed by atoms with Gasteiger partial charge < -0.3 is 19.8 Å². The number of hydrogen-bond donors (Lipinski definition) is 2. The quantitative estimate of drug-likeness (QED) is 0.504. The average molecular weight is 453 g/mol. The van der Waals surface area contributed by atoms with Crippen LogP contribution < -0.4 is 4.74 Å². The van der Waals surface area contributed by atoms with Crippen molar-refractivity contribution in [2.24, 2.45) is 5.92 Å². The minimum atomic E-state index is -1.82. The molecule has 7 nitrogen and oxygen atoms in total. The van der Waals surface area contributed by atoms with E-state index in [4.69, 9.17) is 24.5 Å². The maximum absolute atomic E-state index is 9.10. The van der Waals surface area contributed by atoms with Gasteiger partial charge in [0.05, 0.1) is 0 Å². The van der Waals surface area contributed by atoms with Crippen molar-refractivity contribution in [1.82, 2.24) is 9.80 Å². The van der Waals surface area contributed by atoms with Gasteiger partial charge >= 0.3 is 11.9 Å². The summed E-state index contributed by atoms with van der Waals surface area (Å²) in [4.78, 5) is 23.4. The van der Waals surface area contributed by atoms with Gasteiger partial charge in [-0.3, -0.25) is 4.90 Å². The van der Waals surface area contributed by atoms with Crippen molar-refractivity contribution in [1.29, 1.82) is 0 Å². The van der Waals surface area contributed by atoms with Gasteiger partial charge in [0.1, 0.15) is 11.5 Å². The molecule has 2 aliphatic rings. The van der Waals surface area contributed by atoms with Crippen LogP contribution in [0.2, 0.25) is 0 Å². The molecular weight excluding hydrogens is 420 g/mol. The van der Waals surface area contributed by atoms with E-state index in [9.17, 15) is 0 Å². The molecule has 0 saturated carbocycles. The molecule has 1 unspecified atom stereocenters. The maximum atomic E-state index is 9.10. The molecule has 0 amide bonds. The zero-order chi connectivity index (χ0) is 23.5. The Hall–Kier alpha value is -3.16. The van der Waals surface area contributed by atoms with E-state index in [-0.39, 0.29) is 0 Å². The van der Waals surface area contributed by atoms with Crippen molar-refractivity contribution in [3.8, 4) is 11.5 Å². The van der Waals surface area contributed by atoms with Gasteiger partial charge in [0.2, 0.25) is 0 Å². The van der Waals surface area contributed by atoms with Gasteiger partial charge in [-0.15, -0.1) is 0 Å². The Morgan fingerprint density at radius 1 is 0.848 bits per heavy atom. The largest absolute Gasteiger partial charge is 0.473 e. The van der Waals surface area contributed by atoms with Crippen LogP contribution in [-0.4, -0.2) is 64.7 Å². The SMILES string of the molecule is C1=CCC(CN2CCN(Cc3cccc(Oc4ccccc4)c3)CC2)CC1.O=C(O)C(=O)O. The number of carbonyl (C=O) groups is 2. The molecule has 2 aromatic rings.